The monoisotopic (exact) mass is 396 g/mol. The molecule has 1 saturated heterocycles. The number of hydroxylamine groups is 2. The molecule has 0 spiro atoms. The Morgan fingerprint density at radius 3 is 2.36 bits per heavy atom. The minimum Gasteiger partial charge on any atom is -0.329 e. The number of hydrogen-bond acceptors (Lipinski definition) is 6. The van der Waals surface area contributed by atoms with Crippen molar-refractivity contribution in [3.63, 3.8) is 0 Å². The van der Waals surface area contributed by atoms with E-state index in [1.165, 1.54) is 17.0 Å². The fourth-order valence-electron chi connectivity index (χ4n) is 3.31. The third-order valence-electron chi connectivity index (χ3n) is 4.76. The Morgan fingerprint density at radius 1 is 1.04 bits per heavy atom. The lowest BCUT2D eigenvalue weighted by atomic mass is 10.1. The van der Waals surface area contributed by atoms with E-state index >= 15 is 0 Å². The van der Waals surface area contributed by atoms with Gasteiger partial charge in [0, 0.05) is 23.5 Å². The van der Waals surface area contributed by atoms with Crippen molar-refractivity contribution in [1.82, 2.24) is 5.06 Å². The van der Waals surface area contributed by atoms with E-state index in [1.54, 1.807) is 30.0 Å². The average Bonchev–Trinajstić information content (AvgIpc) is 3.22. The number of hydrogen-bond donors (Lipinski definition) is 0. The molecular weight excluding hydrogens is 380 g/mol. The van der Waals surface area contributed by atoms with Gasteiger partial charge in [0.15, 0.2) is 0 Å². The van der Waals surface area contributed by atoms with Gasteiger partial charge >= 0.3 is 5.97 Å². The number of carbonyl (C=O) groups is 4. The highest BCUT2D eigenvalue weighted by molar-refractivity contribution is 7.98. The fourth-order valence-corrected chi connectivity index (χ4v) is 3.76. The lowest BCUT2D eigenvalue weighted by Gasteiger charge is -2.18. The summed E-state index contributed by atoms with van der Waals surface area (Å²) in [6, 6.07) is 13.7. The van der Waals surface area contributed by atoms with E-state index in [0.29, 0.717) is 10.8 Å². The summed E-state index contributed by atoms with van der Waals surface area (Å²) < 4.78 is 0. The second kappa shape index (κ2) is 7.12. The van der Waals surface area contributed by atoms with Gasteiger partial charge in [-0.05, 0) is 36.6 Å². The molecule has 1 unspecified atom stereocenters. The predicted octanol–water partition coefficient (Wildman–Crippen LogP) is 2.52. The molecule has 142 valence electrons. The molecule has 7 nitrogen and oxygen atoms in total. The second-order valence-electron chi connectivity index (χ2n) is 6.47. The molecule has 1 atom stereocenters. The summed E-state index contributed by atoms with van der Waals surface area (Å²) in [5.74, 6) is -3.09. The predicted molar refractivity (Wildman–Crippen MR) is 102 cm³/mol. The maximum absolute atomic E-state index is 12.5. The molecular formula is C20H16N2O5S. The Kier molecular flexibility index (Phi) is 4.64. The van der Waals surface area contributed by atoms with Crippen LogP contribution in [0.3, 0.4) is 0 Å². The molecule has 28 heavy (non-hydrogen) atoms. The molecule has 8 heteroatoms. The smallest absolute Gasteiger partial charge is 0.329 e. The van der Waals surface area contributed by atoms with Crippen LogP contribution in [0.25, 0.3) is 0 Å². The molecule has 2 aliphatic heterocycles. The zero-order valence-electron chi connectivity index (χ0n) is 15.0. The molecule has 2 heterocycles. The van der Waals surface area contributed by atoms with Crippen molar-refractivity contribution in [2.45, 2.75) is 11.3 Å². The van der Waals surface area contributed by atoms with Crippen LogP contribution in [-0.4, -0.2) is 41.6 Å². The molecule has 0 aromatic heterocycles. The molecule has 0 radical (unpaired) electrons. The first kappa shape index (κ1) is 18.2. The summed E-state index contributed by atoms with van der Waals surface area (Å²) in [5.41, 5.74) is 1.09. The second-order valence-corrected chi connectivity index (χ2v) is 7.35. The number of amides is 3. The molecule has 2 aliphatic rings. The van der Waals surface area contributed by atoms with Gasteiger partial charge in [0.25, 0.3) is 11.8 Å². The van der Waals surface area contributed by atoms with E-state index in [0.717, 1.165) is 4.90 Å². The van der Waals surface area contributed by atoms with Gasteiger partial charge in [-0.25, -0.2) is 4.79 Å². The third-order valence-corrected chi connectivity index (χ3v) is 5.49. The maximum Gasteiger partial charge on any atom is 0.338 e. The van der Waals surface area contributed by atoms with Crippen LogP contribution in [0.15, 0.2) is 53.4 Å². The van der Waals surface area contributed by atoms with E-state index in [9.17, 15) is 19.2 Å². The van der Waals surface area contributed by atoms with Crippen molar-refractivity contribution in [2.24, 2.45) is 5.92 Å². The normalized spacial score (nSPS) is 18.6. The number of anilines is 1. The van der Waals surface area contributed by atoms with Gasteiger partial charge < -0.3 is 9.74 Å². The van der Waals surface area contributed by atoms with Crippen LogP contribution < -0.4 is 4.90 Å². The number of fused-ring (bicyclic) bond motifs is 1. The first-order valence-corrected chi connectivity index (χ1v) is 9.86. The van der Waals surface area contributed by atoms with E-state index in [4.69, 9.17) is 4.84 Å². The lowest BCUT2D eigenvalue weighted by Crippen LogP contribution is -2.36. The van der Waals surface area contributed by atoms with Crippen LogP contribution in [0, 0.1) is 5.92 Å². The minimum absolute atomic E-state index is 0.0362. The minimum atomic E-state index is -0.772. The molecule has 0 aliphatic carbocycles. The van der Waals surface area contributed by atoms with E-state index in [1.807, 2.05) is 24.5 Å². The third kappa shape index (κ3) is 3.05. The van der Waals surface area contributed by atoms with Crippen LogP contribution in [-0.2, 0) is 14.4 Å². The van der Waals surface area contributed by atoms with Crippen molar-refractivity contribution >= 4 is 41.1 Å². The molecule has 2 aromatic carbocycles. The zero-order chi connectivity index (χ0) is 19.8. The number of rotatable bonds is 4. The van der Waals surface area contributed by atoms with Crippen molar-refractivity contribution in [3.05, 3.63) is 59.7 Å². The van der Waals surface area contributed by atoms with Gasteiger partial charge in [0.1, 0.15) is 0 Å². The summed E-state index contributed by atoms with van der Waals surface area (Å²) in [6.45, 7) is 0.138. The van der Waals surface area contributed by atoms with Crippen molar-refractivity contribution < 1.29 is 24.0 Å². The SMILES string of the molecule is CSc1cccc(N2CC(C(=O)ON3C(=O)c4ccccc4C3=O)CC2=O)c1. The van der Waals surface area contributed by atoms with Gasteiger partial charge in [-0.15, -0.1) is 11.8 Å². The average molecular weight is 396 g/mol. The molecule has 3 amide bonds. The van der Waals surface area contributed by atoms with E-state index < -0.39 is 23.7 Å². The van der Waals surface area contributed by atoms with Crippen LogP contribution in [0.5, 0.6) is 0 Å². The number of carbonyl (C=O) groups excluding carboxylic acids is 4. The highest BCUT2D eigenvalue weighted by atomic mass is 32.2. The largest absolute Gasteiger partial charge is 0.338 e. The summed E-state index contributed by atoms with van der Waals surface area (Å²) in [5, 5.41) is 0.481. The summed E-state index contributed by atoms with van der Waals surface area (Å²) in [4.78, 5) is 57.2. The van der Waals surface area contributed by atoms with Gasteiger partial charge in [-0.2, -0.15) is 0 Å². The summed E-state index contributed by atoms with van der Waals surface area (Å²) >= 11 is 1.55. The molecule has 0 N–H and O–H groups in total. The van der Waals surface area contributed by atoms with E-state index in [2.05, 4.69) is 0 Å². The molecule has 0 saturated carbocycles. The van der Waals surface area contributed by atoms with Gasteiger partial charge in [0.2, 0.25) is 5.91 Å². The number of imide groups is 1. The van der Waals surface area contributed by atoms with Crippen LogP contribution in [0.1, 0.15) is 27.1 Å². The van der Waals surface area contributed by atoms with Gasteiger partial charge in [0.05, 0.1) is 17.0 Å². The highest BCUT2D eigenvalue weighted by Crippen LogP contribution is 2.30. The number of benzene rings is 2. The molecule has 0 bridgehead atoms. The first-order chi connectivity index (χ1) is 13.5. The highest BCUT2D eigenvalue weighted by Gasteiger charge is 2.42. The van der Waals surface area contributed by atoms with Crippen molar-refractivity contribution in [3.8, 4) is 0 Å². The standard InChI is InChI=1S/C20H16N2O5S/c1-28-14-6-4-5-13(10-14)21-11-12(9-17(21)23)20(26)27-22-18(24)15-7-2-3-8-16(15)19(22)25/h2-8,10,12H,9,11H2,1H3. The molecule has 1 fully saturated rings. The number of thioether (sulfide) groups is 1. The Labute approximate surface area is 165 Å². The molecule has 4 rings (SSSR count). The van der Waals surface area contributed by atoms with Gasteiger partial charge in [-0.1, -0.05) is 23.3 Å². The van der Waals surface area contributed by atoms with Crippen molar-refractivity contribution in [2.75, 3.05) is 17.7 Å². The van der Waals surface area contributed by atoms with Gasteiger partial charge in [-0.3, -0.25) is 14.4 Å². The fraction of sp³-hybridized carbons (Fsp3) is 0.200. The van der Waals surface area contributed by atoms with Crippen LogP contribution in [0.2, 0.25) is 0 Å². The van der Waals surface area contributed by atoms with Crippen LogP contribution >= 0.6 is 11.8 Å². The zero-order valence-corrected chi connectivity index (χ0v) is 15.8. The lowest BCUT2D eigenvalue weighted by molar-refractivity contribution is -0.173. The first-order valence-electron chi connectivity index (χ1n) is 8.63. The Balaban J connectivity index is 1.47. The Bertz CT molecular complexity index is 971. The summed E-state index contributed by atoms with van der Waals surface area (Å²) in [7, 11) is 0. The maximum atomic E-state index is 12.5. The summed E-state index contributed by atoms with van der Waals surface area (Å²) in [6.07, 6.45) is 1.90. The number of nitrogens with zero attached hydrogens (tertiary/aromatic N) is 2. The van der Waals surface area contributed by atoms with E-state index in [-0.39, 0.29) is 30.0 Å². The van der Waals surface area contributed by atoms with Crippen LogP contribution in [0.4, 0.5) is 5.69 Å². The topological polar surface area (TPSA) is 84.0 Å². The Morgan fingerprint density at radius 2 is 1.71 bits per heavy atom. The molecule has 2 aromatic rings. The Hall–Kier alpha value is -3.13. The quantitative estimate of drug-likeness (QED) is 0.583. The van der Waals surface area contributed by atoms with Crippen molar-refractivity contribution in [1.29, 1.82) is 0 Å².